The van der Waals surface area contributed by atoms with Crippen molar-refractivity contribution in [3.8, 4) is 5.75 Å². The largest absolute Gasteiger partial charge is 0.495 e. The highest BCUT2D eigenvalue weighted by Crippen LogP contribution is 2.27. The molecular formula is C18H19ClFN3O4S. The van der Waals surface area contributed by atoms with Gasteiger partial charge in [0.1, 0.15) is 16.5 Å². The Balaban J connectivity index is 2.09. The van der Waals surface area contributed by atoms with E-state index in [-0.39, 0.29) is 21.2 Å². The predicted octanol–water partition coefficient (Wildman–Crippen LogP) is 2.57. The smallest absolute Gasteiger partial charge is 0.255 e. The lowest BCUT2D eigenvalue weighted by atomic mass is 10.2. The first-order valence-corrected chi connectivity index (χ1v) is 9.85. The average Bonchev–Trinajstić information content (AvgIpc) is 2.64. The van der Waals surface area contributed by atoms with Gasteiger partial charge >= 0.3 is 0 Å². The molecule has 7 nitrogen and oxygen atoms in total. The third kappa shape index (κ3) is 5.06. The summed E-state index contributed by atoms with van der Waals surface area (Å²) in [6.45, 7) is 1.25. The van der Waals surface area contributed by atoms with Crippen LogP contribution in [0.2, 0.25) is 5.02 Å². The fourth-order valence-electron chi connectivity index (χ4n) is 2.28. The number of sulfonamides is 1. The van der Waals surface area contributed by atoms with Crippen molar-refractivity contribution >= 4 is 33.7 Å². The molecule has 0 bridgehead atoms. The Bertz CT molecular complexity index is 992. The number of likely N-dealkylation sites (N-methyl/N-ethyl adjacent to an activating group) is 1. The predicted molar refractivity (Wildman–Crippen MR) is 105 cm³/mol. The molecule has 0 atom stereocenters. The molecule has 0 aliphatic carbocycles. The van der Waals surface area contributed by atoms with Gasteiger partial charge in [-0.3, -0.25) is 4.79 Å². The van der Waals surface area contributed by atoms with Crippen LogP contribution < -0.4 is 10.2 Å². The molecule has 0 saturated carbocycles. The number of hydrogen-bond acceptors (Lipinski definition) is 5. The lowest BCUT2D eigenvalue weighted by molar-refractivity contribution is -0.121. The van der Waals surface area contributed by atoms with Crippen molar-refractivity contribution in [2.24, 2.45) is 5.10 Å². The molecule has 150 valence electrons. The van der Waals surface area contributed by atoms with Crippen LogP contribution in [0, 0.1) is 12.7 Å². The van der Waals surface area contributed by atoms with Crippen molar-refractivity contribution in [1.82, 2.24) is 9.73 Å². The van der Waals surface area contributed by atoms with Crippen LogP contribution in [0.25, 0.3) is 0 Å². The zero-order valence-corrected chi connectivity index (χ0v) is 17.0. The summed E-state index contributed by atoms with van der Waals surface area (Å²) in [6, 6.07) is 8.83. The van der Waals surface area contributed by atoms with Crippen LogP contribution in [-0.2, 0) is 14.8 Å². The monoisotopic (exact) mass is 427 g/mol. The van der Waals surface area contributed by atoms with Crippen LogP contribution in [0.1, 0.15) is 11.1 Å². The van der Waals surface area contributed by atoms with Gasteiger partial charge < -0.3 is 4.74 Å². The van der Waals surface area contributed by atoms with Gasteiger partial charge in [-0.1, -0.05) is 23.7 Å². The average molecular weight is 428 g/mol. The van der Waals surface area contributed by atoms with E-state index < -0.39 is 28.3 Å². The Labute approximate surface area is 167 Å². The number of nitrogens with zero attached hydrogens (tertiary/aromatic N) is 2. The first-order valence-electron chi connectivity index (χ1n) is 8.03. The molecule has 0 unspecified atom stereocenters. The number of carbonyl (C=O) groups is 1. The summed E-state index contributed by atoms with van der Waals surface area (Å²) in [4.78, 5) is 12.0. The summed E-state index contributed by atoms with van der Waals surface area (Å²) in [5.74, 6) is -1.14. The Hall–Kier alpha value is -2.49. The van der Waals surface area contributed by atoms with Crippen LogP contribution >= 0.6 is 11.6 Å². The van der Waals surface area contributed by atoms with E-state index in [1.165, 1.54) is 38.4 Å². The number of hydrogen-bond donors (Lipinski definition) is 1. The second-order valence-corrected chi connectivity index (χ2v) is 8.26. The number of benzene rings is 2. The number of ether oxygens (including phenoxy) is 1. The molecule has 0 aromatic heterocycles. The van der Waals surface area contributed by atoms with Gasteiger partial charge in [-0.15, -0.1) is 0 Å². The fraction of sp³-hybridized carbons (Fsp3) is 0.222. The van der Waals surface area contributed by atoms with Gasteiger partial charge in [0, 0.05) is 12.6 Å². The Morgan fingerprint density at radius 3 is 2.71 bits per heavy atom. The molecule has 0 saturated heterocycles. The maximum absolute atomic E-state index is 13.6. The summed E-state index contributed by atoms with van der Waals surface area (Å²) in [5, 5.41) is 3.75. The zero-order chi connectivity index (χ0) is 20.9. The molecular weight excluding hydrogens is 409 g/mol. The third-order valence-corrected chi connectivity index (χ3v) is 5.91. The molecule has 0 fully saturated rings. The molecule has 2 aromatic rings. The van der Waals surface area contributed by atoms with E-state index in [9.17, 15) is 17.6 Å². The van der Waals surface area contributed by atoms with Crippen LogP contribution in [0.4, 0.5) is 4.39 Å². The zero-order valence-electron chi connectivity index (χ0n) is 15.4. The topological polar surface area (TPSA) is 88.1 Å². The molecule has 1 amide bonds. The molecule has 2 rings (SSSR count). The lowest BCUT2D eigenvalue weighted by Gasteiger charge is -2.18. The van der Waals surface area contributed by atoms with Crippen molar-refractivity contribution in [2.75, 3.05) is 20.7 Å². The van der Waals surface area contributed by atoms with Gasteiger partial charge in [0.05, 0.1) is 24.9 Å². The molecule has 1 N–H and O–H groups in total. The molecule has 0 radical (unpaired) electrons. The summed E-state index contributed by atoms with van der Waals surface area (Å²) >= 11 is 5.85. The number of hydrazone groups is 1. The second-order valence-electron chi connectivity index (χ2n) is 5.84. The molecule has 2 aromatic carbocycles. The maximum Gasteiger partial charge on any atom is 0.255 e. The van der Waals surface area contributed by atoms with Gasteiger partial charge in [0.15, 0.2) is 0 Å². The lowest BCUT2D eigenvalue weighted by Crippen LogP contribution is -2.36. The normalized spacial score (nSPS) is 11.8. The van der Waals surface area contributed by atoms with Crippen LogP contribution in [0.3, 0.4) is 0 Å². The van der Waals surface area contributed by atoms with Crippen molar-refractivity contribution in [2.45, 2.75) is 11.8 Å². The maximum atomic E-state index is 13.6. The van der Waals surface area contributed by atoms with Crippen LogP contribution in [-0.4, -0.2) is 45.5 Å². The molecule has 0 aliphatic heterocycles. The van der Waals surface area contributed by atoms with Gasteiger partial charge in [-0.2, -0.15) is 9.41 Å². The number of amides is 1. The van der Waals surface area contributed by atoms with Gasteiger partial charge in [-0.25, -0.2) is 18.2 Å². The van der Waals surface area contributed by atoms with Gasteiger partial charge in [-0.05, 0) is 36.8 Å². The van der Waals surface area contributed by atoms with E-state index in [0.29, 0.717) is 0 Å². The standard InChI is InChI=1S/C18H19ClFN3O4S/c1-12-7-8-16(27-3)17(9-12)28(25,26)23(2)11-18(24)22-21-10-13-14(19)5-4-6-15(13)20/h4-10H,11H2,1-3H3,(H,22,24). The molecule has 10 heteroatoms. The van der Waals surface area contributed by atoms with E-state index in [1.54, 1.807) is 19.1 Å². The van der Waals surface area contributed by atoms with E-state index in [4.69, 9.17) is 16.3 Å². The number of methoxy groups -OCH3 is 1. The fourth-order valence-corrected chi connectivity index (χ4v) is 3.85. The SMILES string of the molecule is COc1ccc(C)cc1S(=O)(=O)N(C)CC(=O)NN=Cc1c(F)cccc1Cl. The summed E-state index contributed by atoms with van der Waals surface area (Å²) < 4.78 is 45.1. The highest BCUT2D eigenvalue weighted by molar-refractivity contribution is 7.89. The van der Waals surface area contributed by atoms with Crippen molar-refractivity contribution in [3.63, 3.8) is 0 Å². The summed E-state index contributed by atoms with van der Waals surface area (Å²) in [5.41, 5.74) is 2.88. The number of halogens is 2. The van der Waals surface area contributed by atoms with Crippen molar-refractivity contribution < 1.29 is 22.3 Å². The number of aryl methyl sites for hydroxylation is 1. The first kappa shape index (κ1) is 21.8. The van der Waals surface area contributed by atoms with E-state index in [1.807, 2.05) is 0 Å². The highest BCUT2D eigenvalue weighted by Gasteiger charge is 2.26. The number of rotatable bonds is 7. The van der Waals surface area contributed by atoms with Crippen LogP contribution in [0.15, 0.2) is 46.4 Å². The second kappa shape index (κ2) is 9.13. The summed E-state index contributed by atoms with van der Waals surface area (Å²) in [7, 11) is -1.36. The number of nitrogens with one attached hydrogen (secondary N) is 1. The number of carbonyl (C=O) groups excluding carboxylic acids is 1. The highest BCUT2D eigenvalue weighted by atomic mass is 35.5. The minimum Gasteiger partial charge on any atom is -0.495 e. The van der Waals surface area contributed by atoms with Gasteiger partial charge in [0.2, 0.25) is 10.0 Å². The molecule has 28 heavy (non-hydrogen) atoms. The van der Waals surface area contributed by atoms with E-state index >= 15 is 0 Å². The van der Waals surface area contributed by atoms with E-state index in [2.05, 4.69) is 10.5 Å². The van der Waals surface area contributed by atoms with E-state index in [0.717, 1.165) is 16.1 Å². The first-order chi connectivity index (χ1) is 13.2. The quantitative estimate of drug-likeness (QED) is 0.543. The third-order valence-electron chi connectivity index (χ3n) is 3.76. The van der Waals surface area contributed by atoms with Crippen LogP contribution in [0.5, 0.6) is 5.75 Å². The van der Waals surface area contributed by atoms with Crippen molar-refractivity contribution in [3.05, 3.63) is 58.4 Å². The molecule has 0 heterocycles. The summed E-state index contributed by atoms with van der Waals surface area (Å²) in [6.07, 6.45) is 1.05. The Kier molecular flexibility index (Phi) is 7.11. The van der Waals surface area contributed by atoms with Gasteiger partial charge in [0.25, 0.3) is 5.91 Å². The van der Waals surface area contributed by atoms with Crippen molar-refractivity contribution in [1.29, 1.82) is 0 Å². The molecule has 0 aliphatic rings. The Morgan fingerprint density at radius 1 is 1.36 bits per heavy atom. The Morgan fingerprint density at radius 2 is 2.07 bits per heavy atom. The minimum absolute atomic E-state index is 0.00920. The molecule has 0 spiro atoms. The minimum atomic E-state index is -3.98.